The number of benzene rings is 2. The molecule has 2 aromatic carbocycles. The Morgan fingerprint density at radius 3 is 2.25 bits per heavy atom. The minimum Gasteiger partial charge on any atom is -0.356 e. The number of anilines is 1. The summed E-state index contributed by atoms with van der Waals surface area (Å²) in [7, 11) is 0. The van der Waals surface area contributed by atoms with Crippen LogP contribution in [-0.2, 0) is 0 Å². The van der Waals surface area contributed by atoms with Crippen LogP contribution in [0.15, 0.2) is 49.0 Å². The molecule has 102 valence electrons. The maximum absolute atomic E-state index is 7.59. The fraction of sp³-hybridized carbons (Fsp3) is 0.167. The molecule has 2 aromatic rings. The highest BCUT2D eigenvalue weighted by Gasteiger charge is 2.04. The molecule has 0 aliphatic rings. The first-order valence-corrected chi connectivity index (χ1v) is 6.66. The van der Waals surface area contributed by atoms with Crippen LogP contribution in [0.5, 0.6) is 0 Å². The third kappa shape index (κ3) is 3.15. The average molecular weight is 264 g/mol. The molecule has 2 N–H and O–H groups in total. The van der Waals surface area contributed by atoms with Crippen molar-refractivity contribution in [1.29, 1.82) is 5.41 Å². The van der Waals surface area contributed by atoms with Gasteiger partial charge >= 0.3 is 0 Å². The number of aryl methyl sites for hydroxylation is 2. The van der Waals surface area contributed by atoms with Crippen molar-refractivity contribution in [2.75, 3.05) is 5.32 Å². The van der Waals surface area contributed by atoms with E-state index in [2.05, 4.69) is 43.9 Å². The van der Waals surface area contributed by atoms with Gasteiger partial charge in [-0.3, -0.25) is 0 Å². The number of hydrogen-bond acceptors (Lipinski definition) is 2. The fourth-order valence-corrected chi connectivity index (χ4v) is 2.20. The van der Waals surface area contributed by atoms with E-state index in [0.29, 0.717) is 5.71 Å². The van der Waals surface area contributed by atoms with E-state index in [1.807, 2.05) is 24.3 Å². The van der Waals surface area contributed by atoms with Gasteiger partial charge in [0.05, 0.1) is 0 Å². The van der Waals surface area contributed by atoms with Crippen LogP contribution >= 0.6 is 0 Å². The largest absolute Gasteiger partial charge is 0.356 e. The van der Waals surface area contributed by atoms with Crippen LogP contribution in [-0.4, -0.2) is 5.71 Å². The zero-order chi connectivity index (χ0) is 14.7. The lowest BCUT2D eigenvalue weighted by Gasteiger charge is -2.13. The van der Waals surface area contributed by atoms with Crippen molar-refractivity contribution in [2.45, 2.75) is 20.8 Å². The van der Waals surface area contributed by atoms with Gasteiger partial charge < -0.3 is 10.7 Å². The Balaban J connectivity index is 2.17. The highest BCUT2D eigenvalue weighted by atomic mass is 14.9. The van der Waals surface area contributed by atoms with E-state index in [1.165, 1.54) is 11.1 Å². The molecule has 0 spiro atoms. The Labute approximate surface area is 120 Å². The normalized spacial score (nSPS) is 10.2. The maximum atomic E-state index is 7.59. The zero-order valence-corrected chi connectivity index (χ0v) is 12.2. The van der Waals surface area contributed by atoms with Gasteiger partial charge in [0.1, 0.15) is 0 Å². The Hall–Kier alpha value is -2.35. The molecule has 2 nitrogen and oxygen atoms in total. The first kappa shape index (κ1) is 14.1. The van der Waals surface area contributed by atoms with E-state index in [-0.39, 0.29) is 0 Å². The van der Waals surface area contributed by atoms with Crippen LogP contribution < -0.4 is 5.32 Å². The third-order valence-electron chi connectivity index (χ3n) is 3.32. The summed E-state index contributed by atoms with van der Waals surface area (Å²) >= 11 is 0. The monoisotopic (exact) mass is 264 g/mol. The molecule has 0 aliphatic heterocycles. The summed E-state index contributed by atoms with van der Waals surface area (Å²) in [6.45, 7) is 10.1. The Morgan fingerprint density at radius 2 is 1.70 bits per heavy atom. The number of hydrogen-bond donors (Lipinski definition) is 2. The second kappa shape index (κ2) is 5.74. The van der Waals surface area contributed by atoms with Crippen molar-refractivity contribution in [1.82, 2.24) is 0 Å². The SMILES string of the molecule is C=C(Nc1ccc(C(C)=N)cc1)c1ccc(C)cc1C. The van der Waals surface area contributed by atoms with E-state index in [1.54, 1.807) is 6.92 Å². The van der Waals surface area contributed by atoms with E-state index >= 15 is 0 Å². The van der Waals surface area contributed by atoms with Crippen molar-refractivity contribution in [3.63, 3.8) is 0 Å². The van der Waals surface area contributed by atoms with Gasteiger partial charge in [0.2, 0.25) is 0 Å². The Bertz CT molecular complexity index is 652. The van der Waals surface area contributed by atoms with Gasteiger partial charge in [-0.1, -0.05) is 42.5 Å². The van der Waals surface area contributed by atoms with E-state index in [4.69, 9.17) is 5.41 Å². The van der Waals surface area contributed by atoms with Crippen molar-refractivity contribution in [3.8, 4) is 0 Å². The molecular formula is C18H20N2. The standard InChI is InChI=1S/C18H20N2/c1-12-5-10-18(13(2)11-12)15(4)20-17-8-6-16(7-9-17)14(3)19/h5-11,19-20H,4H2,1-3H3. The third-order valence-corrected chi connectivity index (χ3v) is 3.32. The van der Waals surface area contributed by atoms with Crippen LogP contribution in [0.25, 0.3) is 5.70 Å². The molecular weight excluding hydrogens is 244 g/mol. The lowest BCUT2D eigenvalue weighted by molar-refractivity contribution is 1.35. The van der Waals surface area contributed by atoms with Gasteiger partial charge in [-0.25, -0.2) is 0 Å². The smallest absolute Gasteiger partial charge is 0.0387 e. The van der Waals surface area contributed by atoms with Gasteiger partial charge in [0, 0.05) is 22.7 Å². The lowest BCUT2D eigenvalue weighted by atomic mass is 10.0. The topological polar surface area (TPSA) is 35.9 Å². The van der Waals surface area contributed by atoms with Gasteiger partial charge in [0.15, 0.2) is 0 Å². The summed E-state index contributed by atoms with van der Waals surface area (Å²) in [6, 6.07) is 14.2. The summed E-state index contributed by atoms with van der Waals surface area (Å²) in [4.78, 5) is 0. The second-order valence-corrected chi connectivity index (χ2v) is 5.12. The molecule has 0 aromatic heterocycles. The molecule has 0 fully saturated rings. The number of nitrogens with one attached hydrogen (secondary N) is 2. The van der Waals surface area contributed by atoms with Crippen molar-refractivity contribution in [3.05, 3.63) is 71.3 Å². The molecule has 0 saturated heterocycles. The highest BCUT2D eigenvalue weighted by Crippen LogP contribution is 2.21. The molecule has 0 unspecified atom stereocenters. The van der Waals surface area contributed by atoms with Crippen molar-refractivity contribution in [2.24, 2.45) is 0 Å². The van der Waals surface area contributed by atoms with Crippen molar-refractivity contribution >= 4 is 17.1 Å². The van der Waals surface area contributed by atoms with E-state index in [0.717, 1.165) is 22.5 Å². The highest BCUT2D eigenvalue weighted by molar-refractivity contribution is 5.96. The Morgan fingerprint density at radius 1 is 1.05 bits per heavy atom. The molecule has 0 bridgehead atoms. The van der Waals surface area contributed by atoms with Gasteiger partial charge in [0.25, 0.3) is 0 Å². The first-order chi connectivity index (χ1) is 9.47. The molecule has 2 rings (SSSR count). The molecule has 0 atom stereocenters. The van der Waals surface area contributed by atoms with Crippen LogP contribution in [0.4, 0.5) is 5.69 Å². The lowest BCUT2D eigenvalue weighted by Crippen LogP contribution is -2.00. The predicted octanol–water partition coefficient (Wildman–Crippen LogP) is 4.77. The molecule has 0 heterocycles. The van der Waals surface area contributed by atoms with E-state index in [9.17, 15) is 0 Å². The summed E-state index contributed by atoms with van der Waals surface area (Å²) in [6.07, 6.45) is 0. The average Bonchev–Trinajstić information content (AvgIpc) is 2.39. The maximum Gasteiger partial charge on any atom is 0.0387 e. The second-order valence-electron chi connectivity index (χ2n) is 5.12. The summed E-state index contributed by atoms with van der Waals surface area (Å²) in [5, 5.41) is 10.9. The summed E-state index contributed by atoms with van der Waals surface area (Å²) in [5.74, 6) is 0. The molecule has 0 amide bonds. The van der Waals surface area contributed by atoms with Gasteiger partial charge in [-0.2, -0.15) is 0 Å². The van der Waals surface area contributed by atoms with Crippen molar-refractivity contribution < 1.29 is 0 Å². The molecule has 0 aliphatic carbocycles. The quantitative estimate of drug-likeness (QED) is 0.766. The van der Waals surface area contributed by atoms with Gasteiger partial charge in [-0.15, -0.1) is 0 Å². The molecule has 0 radical (unpaired) electrons. The zero-order valence-electron chi connectivity index (χ0n) is 12.2. The Kier molecular flexibility index (Phi) is 4.04. The van der Waals surface area contributed by atoms with E-state index < -0.39 is 0 Å². The summed E-state index contributed by atoms with van der Waals surface area (Å²) in [5.41, 5.74) is 6.99. The first-order valence-electron chi connectivity index (χ1n) is 6.66. The predicted molar refractivity (Wildman–Crippen MR) is 87.5 cm³/mol. The fourth-order valence-electron chi connectivity index (χ4n) is 2.20. The minimum atomic E-state index is 0.574. The van der Waals surface area contributed by atoms with Crippen LogP contribution in [0.3, 0.4) is 0 Å². The summed E-state index contributed by atoms with van der Waals surface area (Å²) < 4.78 is 0. The molecule has 20 heavy (non-hydrogen) atoms. The van der Waals surface area contributed by atoms with Gasteiger partial charge in [-0.05, 0) is 44.0 Å². The molecule has 0 saturated carbocycles. The van der Waals surface area contributed by atoms with Crippen LogP contribution in [0, 0.1) is 19.3 Å². The van der Waals surface area contributed by atoms with Crippen LogP contribution in [0.2, 0.25) is 0 Å². The minimum absolute atomic E-state index is 0.574. The molecule has 2 heteroatoms. The van der Waals surface area contributed by atoms with Crippen LogP contribution in [0.1, 0.15) is 29.2 Å². The number of rotatable bonds is 4.